The van der Waals surface area contributed by atoms with Gasteiger partial charge in [-0.2, -0.15) is 5.26 Å². The zero-order valence-electron chi connectivity index (χ0n) is 14.3. The van der Waals surface area contributed by atoms with E-state index in [0.717, 1.165) is 31.2 Å². The minimum Gasteiger partial charge on any atom is -0.479 e. The molecule has 0 fully saturated rings. The van der Waals surface area contributed by atoms with Crippen molar-refractivity contribution in [2.24, 2.45) is 0 Å². The molecule has 0 spiro atoms. The number of aryl methyl sites for hydroxylation is 1. The van der Waals surface area contributed by atoms with Gasteiger partial charge in [-0.1, -0.05) is 29.6 Å². The fraction of sp³-hybridized carbons (Fsp3) is 0.368. The van der Waals surface area contributed by atoms with Crippen molar-refractivity contribution in [3.05, 3.63) is 44.2 Å². The Balaban J connectivity index is 1.74. The molecule has 4 nitrogen and oxygen atoms in total. The number of thiophene rings is 1. The summed E-state index contributed by atoms with van der Waals surface area (Å²) in [5, 5.41) is 13.9. The Labute approximate surface area is 166 Å². The second kappa shape index (κ2) is 8.30. The third-order valence-corrected chi connectivity index (χ3v) is 6.07. The number of benzene rings is 1. The third kappa shape index (κ3) is 4.15. The average Bonchev–Trinajstić information content (AvgIpc) is 2.76. The van der Waals surface area contributed by atoms with Crippen LogP contribution in [-0.4, -0.2) is 12.0 Å². The largest absolute Gasteiger partial charge is 0.479 e. The van der Waals surface area contributed by atoms with Crippen molar-refractivity contribution in [3.63, 3.8) is 0 Å². The summed E-state index contributed by atoms with van der Waals surface area (Å²) in [7, 11) is 0. The van der Waals surface area contributed by atoms with E-state index in [1.807, 2.05) is 0 Å². The number of hydrogen-bond donors (Lipinski definition) is 1. The van der Waals surface area contributed by atoms with Gasteiger partial charge in [0.15, 0.2) is 6.10 Å². The Hall–Kier alpha value is -1.74. The molecule has 1 unspecified atom stereocenters. The molecule has 0 bridgehead atoms. The second-order valence-electron chi connectivity index (χ2n) is 6.20. The van der Waals surface area contributed by atoms with Gasteiger partial charge in [0.1, 0.15) is 16.8 Å². The van der Waals surface area contributed by atoms with Crippen LogP contribution in [-0.2, 0) is 17.6 Å². The zero-order chi connectivity index (χ0) is 18.7. The fourth-order valence-corrected chi connectivity index (χ4v) is 4.67. The first-order chi connectivity index (χ1) is 12.5. The Morgan fingerprint density at radius 1 is 1.31 bits per heavy atom. The van der Waals surface area contributed by atoms with E-state index in [2.05, 4.69) is 11.4 Å². The standard InChI is InChI=1S/C19H18Cl2N2O2S/c1-11(25-16-8-7-12(20)9-15(16)21)18(24)23-19-14(10-22)13-5-3-2-4-6-17(13)26-19/h7-9,11H,2-6H2,1H3,(H,23,24). The van der Waals surface area contributed by atoms with Crippen molar-refractivity contribution in [3.8, 4) is 11.8 Å². The molecule has 0 saturated heterocycles. The number of anilines is 1. The van der Waals surface area contributed by atoms with Crippen molar-refractivity contribution in [1.29, 1.82) is 5.26 Å². The van der Waals surface area contributed by atoms with Gasteiger partial charge in [-0.15, -0.1) is 11.3 Å². The molecular formula is C19H18Cl2N2O2S. The van der Waals surface area contributed by atoms with Gasteiger partial charge < -0.3 is 10.1 Å². The van der Waals surface area contributed by atoms with Crippen molar-refractivity contribution < 1.29 is 9.53 Å². The fourth-order valence-electron chi connectivity index (χ4n) is 2.98. The van der Waals surface area contributed by atoms with Crippen LogP contribution in [0.1, 0.15) is 42.2 Å². The number of fused-ring (bicyclic) bond motifs is 1. The summed E-state index contributed by atoms with van der Waals surface area (Å²) in [6, 6.07) is 7.10. The van der Waals surface area contributed by atoms with Gasteiger partial charge in [-0.05, 0) is 56.4 Å². The highest BCUT2D eigenvalue weighted by Gasteiger charge is 2.23. The summed E-state index contributed by atoms with van der Waals surface area (Å²) in [4.78, 5) is 13.7. The number of hydrogen-bond acceptors (Lipinski definition) is 4. The highest BCUT2D eigenvalue weighted by Crippen LogP contribution is 2.37. The Bertz CT molecular complexity index is 873. The van der Waals surface area contributed by atoms with E-state index in [1.165, 1.54) is 22.6 Å². The zero-order valence-corrected chi connectivity index (χ0v) is 16.6. The predicted octanol–water partition coefficient (Wildman–Crippen LogP) is 5.60. The first kappa shape index (κ1) is 19.0. The summed E-state index contributed by atoms with van der Waals surface area (Å²) in [5.41, 5.74) is 1.69. The highest BCUT2D eigenvalue weighted by molar-refractivity contribution is 7.16. The monoisotopic (exact) mass is 408 g/mol. The molecule has 0 aliphatic heterocycles. The minimum absolute atomic E-state index is 0.316. The van der Waals surface area contributed by atoms with E-state index in [9.17, 15) is 10.1 Å². The Morgan fingerprint density at radius 3 is 2.81 bits per heavy atom. The number of halogens is 2. The average molecular weight is 409 g/mol. The van der Waals surface area contributed by atoms with Gasteiger partial charge in [0.25, 0.3) is 5.91 Å². The molecule has 1 N–H and O–H groups in total. The van der Waals surface area contributed by atoms with Crippen LogP contribution in [0.15, 0.2) is 18.2 Å². The van der Waals surface area contributed by atoms with Crippen molar-refractivity contribution in [2.75, 3.05) is 5.32 Å². The molecule has 3 rings (SSSR count). The summed E-state index contributed by atoms with van der Waals surface area (Å²) in [6.45, 7) is 1.64. The Morgan fingerprint density at radius 2 is 2.08 bits per heavy atom. The third-order valence-electron chi connectivity index (χ3n) is 4.34. The Kier molecular flexibility index (Phi) is 6.08. The summed E-state index contributed by atoms with van der Waals surface area (Å²) in [5.74, 6) is 0.0742. The molecule has 1 amide bonds. The van der Waals surface area contributed by atoms with E-state index >= 15 is 0 Å². The maximum absolute atomic E-state index is 12.5. The van der Waals surface area contributed by atoms with E-state index < -0.39 is 6.10 Å². The van der Waals surface area contributed by atoms with Crippen LogP contribution in [0.4, 0.5) is 5.00 Å². The summed E-state index contributed by atoms with van der Waals surface area (Å²) in [6.07, 6.45) is 4.50. The molecule has 2 aromatic rings. The van der Waals surface area contributed by atoms with Crippen LogP contribution in [0, 0.1) is 11.3 Å². The minimum atomic E-state index is -0.762. The van der Waals surface area contributed by atoms with Crippen LogP contribution in [0.3, 0.4) is 0 Å². The topological polar surface area (TPSA) is 62.1 Å². The smallest absolute Gasteiger partial charge is 0.265 e. The number of nitrogens with one attached hydrogen (secondary N) is 1. The van der Waals surface area contributed by atoms with E-state index in [1.54, 1.807) is 25.1 Å². The van der Waals surface area contributed by atoms with Gasteiger partial charge >= 0.3 is 0 Å². The lowest BCUT2D eigenvalue weighted by atomic mass is 10.1. The maximum atomic E-state index is 12.5. The maximum Gasteiger partial charge on any atom is 0.265 e. The summed E-state index contributed by atoms with van der Waals surface area (Å²) >= 11 is 13.5. The van der Waals surface area contributed by atoms with Crippen molar-refractivity contribution in [2.45, 2.75) is 45.1 Å². The lowest BCUT2D eigenvalue weighted by molar-refractivity contribution is -0.122. The number of amides is 1. The lowest BCUT2D eigenvalue weighted by Crippen LogP contribution is -2.30. The van der Waals surface area contributed by atoms with Crippen LogP contribution in [0.2, 0.25) is 10.0 Å². The number of carbonyl (C=O) groups excluding carboxylic acids is 1. The lowest BCUT2D eigenvalue weighted by Gasteiger charge is -2.15. The van der Waals surface area contributed by atoms with E-state index in [0.29, 0.717) is 26.4 Å². The number of carbonyl (C=O) groups is 1. The van der Waals surface area contributed by atoms with Gasteiger partial charge in [0.2, 0.25) is 0 Å². The van der Waals surface area contributed by atoms with Crippen LogP contribution >= 0.6 is 34.5 Å². The molecule has 1 aromatic carbocycles. The van der Waals surface area contributed by atoms with Crippen molar-refractivity contribution >= 4 is 45.4 Å². The van der Waals surface area contributed by atoms with Crippen LogP contribution < -0.4 is 10.1 Å². The normalized spacial score (nSPS) is 14.7. The van der Waals surface area contributed by atoms with Gasteiger partial charge in [0.05, 0.1) is 10.6 Å². The number of nitriles is 1. The van der Waals surface area contributed by atoms with Crippen molar-refractivity contribution in [1.82, 2.24) is 0 Å². The molecule has 26 heavy (non-hydrogen) atoms. The first-order valence-electron chi connectivity index (χ1n) is 8.46. The molecule has 1 aliphatic carbocycles. The van der Waals surface area contributed by atoms with Gasteiger partial charge in [-0.3, -0.25) is 4.79 Å². The summed E-state index contributed by atoms with van der Waals surface area (Å²) < 4.78 is 5.65. The molecule has 1 heterocycles. The van der Waals surface area contributed by atoms with Crippen LogP contribution in [0.5, 0.6) is 5.75 Å². The van der Waals surface area contributed by atoms with E-state index in [-0.39, 0.29) is 5.91 Å². The molecule has 7 heteroatoms. The number of ether oxygens (including phenoxy) is 1. The molecule has 0 radical (unpaired) electrons. The van der Waals surface area contributed by atoms with E-state index in [4.69, 9.17) is 27.9 Å². The molecule has 1 aromatic heterocycles. The predicted molar refractivity (Wildman–Crippen MR) is 105 cm³/mol. The van der Waals surface area contributed by atoms with Gasteiger partial charge in [0, 0.05) is 9.90 Å². The highest BCUT2D eigenvalue weighted by atomic mass is 35.5. The van der Waals surface area contributed by atoms with Crippen LogP contribution in [0.25, 0.3) is 0 Å². The second-order valence-corrected chi connectivity index (χ2v) is 8.15. The SMILES string of the molecule is CC(Oc1ccc(Cl)cc1Cl)C(=O)Nc1sc2c(c1C#N)CCCCC2. The quantitative estimate of drug-likeness (QED) is 0.669. The molecular weight excluding hydrogens is 391 g/mol. The molecule has 0 saturated carbocycles. The van der Waals surface area contributed by atoms with Gasteiger partial charge in [-0.25, -0.2) is 0 Å². The molecule has 1 aliphatic rings. The number of nitrogens with zero attached hydrogens (tertiary/aromatic N) is 1. The molecule has 1 atom stereocenters. The number of rotatable bonds is 4. The first-order valence-corrected chi connectivity index (χ1v) is 10.0. The molecule has 136 valence electrons.